The molecule has 16 heavy (non-hydrogen) atoms. The van der Waals surface area contributed by atoms with Gasteiger partial charge in [-0.1, -0.05) is 50.6 Å². The second-order valence-corrected chi connectivity index (χ2v) is 4.18. The van der Waals surface area contributed by atoms with Crippen molar-refractivity contribution in [3.05, 3.63) is 11.7 Å². The minimum atomic E-state index is 0.362. The molecule has 0 amide bonds. The summed E-state index contributed by atoms with van der Waals surface area (Å²) < 4.78 is 5.06. The molecule has 0 radical (unpaired) electrons. The van der Waals surface area contributed by atoms with E-state index >= 15 is 0 Å². The van der Waals surface area contributed by atoms with E-state index in [4.69, 9.17) is 10.3 Å². The van der Waals surface area contributed by atoms with E-state index in [1.165, 1.54) is 38.5 Å². The minimum Gasteiger partial charge on any atom is -0.339 e. The first-order chi connectivity index (χ1) is 7.86. The molecule has 1 aromatic heterocycles. The van der Waals surface area contributed by atoms with E-state index in [2.05, 4.69) is 17.1 Å². The minimum absolute atomic E-state index is 0.362. The van der Waals surface area contributed by atoms with Gasteiger partial charge < -0.3 is 10.3 Å². The Morgan fingerprint density at radius 1 is 1.06 bits per heavy atom. The van der Waals surface area contributed by atoms with E-state index in [1.807, 2.05) is 0 Å². The van der Waals surface area contributed by atoms with Crippen molar-refractivity contribution in [2.75, 3.05) is 0 Å². The Morgan fingerprint density at radius 3 is 2.38 bits per heavy atom. The fourth-order valence-electron chi connectivity index (χ4n) is 1.71. The Kier molecular flexibility index (Phi) is 6.81. The zero-order valence-corrected chi connectivity index (χ0v) is 10.2. The van der Waals surface area contributed by atoms with Gasteiger partial charge in [-0.15, -0.1) is 0 Å². The summed E-state index contributed by atoms with van der Waals surface area (Å²) in [4.78, 5) is 4.17. The van der Waals surface area contributed by atoms with Gasteiger partial charge in [-0.05, 0) is 6.42 Å². The maximum atomic E-state index is 5.40. The van der Waals surface area contributed by atoms with E-state index in [-0.39, 0.29) is 0 Å². The van der Waals surface area contributed by atoms with Crippen molar-refractivity contribution in [2.24, 2.45) is 5.73 Å². The van der Waals surface area contributed by atoms with Crippen molar-refractivity contribution in [1.82, 2.24) is 10.1 Å². The van der Waals surface area contributed by atoms with E-state index in [9.17, 15) is 0 Å². The lowest BCUT2D eigenvalue weighted by Gasteiger charge is -1.98. The number of nitrogens with two attached hydrogens (primary N) is 1. The van der Waals surface area contributed by atoms with Crippen LogP contribution in [0, 0.1) is 0 Å². The SMILES string of the molecule is CCCCCCCCCc1nc(CN)no1. The van der Waals surface area contributed by atoms with Crippen molar-refractivity contribution in [3.8, 4) is 0 Å². The lowest BCUT2D eigenvalue weighted by Crippen LogP contribution is -1.98. The Morgan fingerprint density at radius 2 is 1.75 bits per heavy atom. The molecule has 0 aliphatic heterocycles. The third-order valence-electron chi connectivity index (χ3n) is 2.69. The molecular weight excluding hydrogens is 202 g/mol. The van der Waals surface area contributed by atoms with Crippen LogP contribution in [0.5, 0.6) is 0 Å². The molecule has 0 aromatic carbocycles. The highest BCUT2D eigenvalue weighted by Gasteiger charge is 2.03. The molecule has 0 bridgehead atoms. The van der Waals surface area contributed by atoms with E-state index in [0.29, 0.717) is 12.4 Å². The molecule has 0 saturated carbocycles. The third-order valence-corrected chi connectivity index (χ3v) is 2.69. The second-order valence-electron chi connectivity index (χ2n) is 4.18. The highest BCUT2D eigenvalue weighted by molar-refractivity contribution is 4.84. The zero-order valence-electron chi connectivity index (χ0n) is 10.2. The molecule has 0 aliphatic rings. The number of rotatable bonds is 9. The Balaban J connectivity index is 1.98. The molecule has 2 N–H and O–H groups in total. The van der Waals surface area contributed by atoms with Crippen LogP contribution in [0.2, 0.25) is 0 Å². The summed E-state index contributed by atoms with van der Waals surface area (Å²) in [5, 5.41) is 3.76. The molecule has 92 valence electrons. The largest absolute Gasteiger partial charge is 0.339 e. The summed E-state index contributed by atoms with van der Waals surface area (Å²) in [5.41, 5.74) is 5.40. The van der Waals surface area contributed by atoms with Gasteiger partial charge in [0.1, 0.15) is 0 Å². The average Bonchev–Trinajstić information content (AvgIpc) is 2.76. The van der Waals surface area contributed by atoms with Crippen molar-refractivity contribution >= 4 is 0 Å². The summed E-state index contributed by atoms with van der Waals surface area (Å²) in [5.74, 6) is 1.34. The number of nitrogens with zero attached hydrogens (tertiary/aromatic N) is 2. The molecule has 4 heteroatoms. The molecule has 4 nitrogen and oxygen atoms in total. The summed E-state index contributed by atoms with van der Waals surface area (Å²) in [6.07, 6.45) is 9.99. The average molecular weight is 225 g/mol. The summed E-state index contributed by atoms with van der Waals surface area (Å²) in [6, 6.07) is 0. The van der Waals surface area contributed by atoms with Crippen LogP contribution in [0.15, 0.2) is 4.52 Å². The number of aryl methyl sites for hydroxylation is 1. The van der Waals surface area contributed by atoms with Crippen LogP contribution in [0.1, 0.15) is 63.6 Å². The monoisotopic (exact) mass is 225 g/mol. The van der Waals surface area contributed by atoms with E-state index in [1.54, 1.807) is 0 Å². The maximum Gasteiger partial charge on any atom is 0.226 e. The summed E-state index contributed by atoms with van der Waals surface area (Å²) >= 11 is 0. The van der Waals surface area contributed by atoms with Gasteiger partial charge in [0.2, 0.25) is 5.89 Å². The Labute approximate surface area is 97.6 Å². The lowest BCUT2D eigenvalue weighted by atomic mass is 10.1. The van der Waals surface area contributed by atoms with Crippen LogP contribution in [-0.4, -0.2) is 10.1 Å². The van der Waals surface area contributed by atoms with Crippen molar-refractivity contribution in [3.63, 3.8) is 0 Å². The van der Waals surface area contributed by atoms with Crippen molar-refractivity contribution < 1.29 is 4.52 Å². The van der Waals surface area contributed by atoms with Crippen LogP contribution in [0.25, 0.3) is 0 Å². The van der Waals surface area contributed by atoms with Gasteiger partial charge in [-0.2, -0.15) is 4.98 Å². The molecule has 0 atom stereocenters. The van der Waals surface area contributed by atoms with Crippen LogP contribution in [0.3, 0.4) is 0 Å². The Bertz CT molecular complexity index is 273. The van der Waals surface area contributed by atoms with Gasteiger partial charge in [0.15, 0.2) is 5.82 Å². The van der Waals surface area contributed by atoms with Crippen molar-refractivity contribution in [2.45, 2.75) is 64.8 Å². The molecule has 0 fully saturated rings. The summed E-state index contributed by atoms with van der Waals surface area (Å²) in [6.45, 7) is 2.60. The van der Waals surface area contributed by atoms with E-state index in [0.717, 1.165) is 18.7 Å². The Hall–Kier alpha value is -0.900. The maximum absolute atomic E-state index is 5.40. The smallest absolute Gasteiger partial charge is 0.226 e. The number of unbranched alkanes of at least 4 members (excludes halogenated alkanes) is 6. The zero-order chi connectivity index (χ0) is 11.6. The molecule has 0 unspecified atom stereocenters. The fraction of sp³-hybridized carbons (Fsp3) is 0.833. The van der Waals surface area contributed by atoms with Crippen LogP contribution >= 0.6 is 0 Å². The summed E-state index contributed by atoms with van der Waals surface area (Å²) in [7, 11) is 0. The lowest BCUT2D eigenvalue weighted by molar-refractivity contribution is 0.368. The van der Waals surface area contributed by atoms with Crippen LogP contribution in [-0.2, 0) is 13.0 Å². The molecular formula is C12H23N3O. The predicted octanol–water partition coefficient (Wildman–Crippen LogP) is 2.82. The molecule has 0 saturated heterocycles. The first-order valence-corrected chi connectivity index (χ1v) is 6.38. The van der Waals surface area contributed by atoms with Gasteiger partial charge in [-0.25, -0.2) is 0 Å². The van der Waals surface area contributed by atoms with E-state index < -0.39 is 0 Å². The van der Waals surface area contributed by atoms with Crippen molar-refractivity contribution in [1.29, 1.82) is 0 Å². The second kappa shape index (κ2) is 8.28. The first kappa shape index (κ1) is 13.2. The third kappa shape index (κ3) is 5.26. The highest BCUT2D eigenvalue weighted by Crippen LogP contribution is 2.09. The normalized spacial score (nSPS) is 10.9. The first-order valence-electron chi connectivity index (χ1n) is 6.38. The number of hydrogen-bond acceptors (Lipinski definition) is 4. The van der Waals surface area contributed by atoms with Gasteiger partial charge in [-0.3, -0.25) is 0 Å². The topological polar surface area (TPSA) is 64.9 Å². The number of hydrogen-bond donors (Lipinski definition) is 1. The molecule has 1 heterocycles. The van der Waals surface area contributed by atoms with Gasteiger partial charge >= 0.3 is 0 Å². The van der Waals surface area contributed by atoms with Crippen LogP contribution < -0.4 is 5.73 Å². The fourth-order valence-corrected chi connectivity index (χ4v) is 1.71. The van der Waals surface area contributed by atoms with Gasteiger partial charge in [0.25, 0.3) is 0 Å². The van der Waals surface area contributed by atoms with Crippen LogP contribution in [0.4, 0.5) is 0 Å². The predicted molar refractivity (Wildman–Crippen MR) is 63.9 cm³/mol. The number of aromatic nitrogens is 2. The highest BCUT2D eigenvalue weighted by atomic mass is 16.5. The standard InChI is InChI=1S/C12H23N3O/c1-2-3-4-5-6-7-8-9-12-14-11(10-13)15-16-12/h2-10,13H2,1H3. The molecule has 0 spiro atoms. The molecule has 1 rings (SSSR count). The quantitative estimate of drug-likeness (QED) is 0.656. The molecule has 0 aliphatic carbocycles. The van der Waals surface area contributed by atoms with Gasteiger partial charge in [0.05, 0.1) is 6.54 Å². The van der Waals surface area contributed by atoms with Gasteiger partial charge in [0, 0.05) is 6.42 Å². The molecule has 1 aromatic rings.